The second kappa shape index (κ2) is 7.64. The monoisotopic (exact) mass is 291 g/mol. The third kappa shape index (κ3) is 5.07. The van der Waals surface area contributed by atoms with Crippen LogP contribution in [0.2, 0.25) is 0 Å². The van der Waals surface area contributed by atoms with E-state index in [-0.39, 0.29) is 17.9 Å². The highest BCUT2D eigenvalue weighted by molar-refractivity contribution is 5.88. The van der Waals surface area contributed by atoms with Crippen LogP contribution >= 0.6 is 0 Å². The van der Waals surface area contributed by atoms with Crippen LogP contribution in [0.25, 0.3) is 0 Å². The molecule has 1 aromatic rings. The molecular weight excluding hydrogens is 270 g/mol. The Morgan fingerprint density at radius 2 is 2.29 bits per heavy atom. The van der Waals surface area contributed by atoms with Crippen molar-refractivity contribution in [2.75, 3.05) is 25.0 Å². The average molecular weight is 291 g/mol. The molecule has 3 N–H and O–H groups in total. The minimum atomic E-state index is -0.122. The SMILES string of the molecule is CC(=O)Nc1cccc(OCCNC(=O)C2CCCN2)c1. The minimum absolute atomic E-state index is 0.0306. The maximum atomic E-state index is 11.8. The number of carbonyl (C=O) groups excluding carboxylic acids is 2. The van der Waals surface area contributed by atoms with Crippen molar-refractivity contribution >= 4 is 17.5 Å². The average Bonchev–Trinajstić information content (AvgIpc) is 2.97. The van der Waals surface area contributed by atoms with E-state index in [1.54, 1.807) is 12.1 Å². The summed E-state index contributed by atoms with van der Waals surface area (Å²) in [5, 5.41) is 8.69. The highest BCUT2D eigenvalue weighted by atomic mass is 16.5. The van der Waals surface area contributed by atoms with E-state index in [1.165, 1.54) is 6.92 Å². The van der Waals surface area contributed by atoms with Gasteiger partial charge in [-0.3, -0.25) is 9.59 Å². The molecule has 1 aromatic carbocycles. The molecule has 21 heavy (non-hydrogen) atoms. The third-order valence-corrected chi connectivity index (χ3v) is 3.20. The fourth-order valence-corrected chi connectivity index (χ4v) is 2.24. The molecule has 6 heteroatoms. The molecule has 1 atom stereocenters. The summed E-state index contributed by atoms with van der Waals surface area (Å²) in [6.45, 7) is 3.22. The number of hydrogen-bond acceptors (Lipinski definition) is 4. The molecule has 0 bridgehead atoms. The van der Waals surface area contributed by atoms with Crippen LogP contribution in [0, 0.1) is 0 Å². The number of rotatable bonds is 6. The Hall–Kier alpha value is -2.08. The summed E-state index contributed by atoms with van der Waals surface area (Å²) in [5.74, 6) is 0.570. The van der Waals surface area contributed by atoms with Crippen LogP contribution in [-0.4, -0.2) is 37.6 Å². The van der Waals surface area contributed by atoms with Crippen molar-refractivity contribution in [3.8, 4) is 5.75 Å². The first-order chi connectivity index (χ1) is 10.1. The summed E-state index contributed by atoms with van der Waals surface area (Å²) < 4.78 is 5.55. The summed E-state index contributed by atoms with van der Waals surface area (Å²) in [4.78, 5) is 22.7. The molecule has 6 nitrogen and oxygen atoms in total. The van der Waals surface area contributed by atoms with Crippen molar-refractivity contribution in [2.45, 2.75) is 25.8 Å². The van der Waals surface area contributed by atoms with Crippen molar-refractivity contribution in [1.29, 1.82) is 0 Å². The fourth-order valence-electron chi connectivity index (χ4n) is 2.24. The van der Waals surface area contributed by atoms with E-state index in [0.29, 0.717) is 24.6 Å². The first-order valence-corrected chi connectivity index (χ1v) is 7.17. The molecule has 0 spiro atoms. The summed E-state index contributed by atoms with van der Waals surface area (Å²) >= 11 is 0. The predicted molar refractivity (Wildman–Crippen MR) is 80.3 cm³/mol. The number of hydrogen-bond donors (Lipinski definition) is 3. The maximum Gasteiger partial charge on any atom is 0.237 e. The Bertz CT molecular complexity index is 499. The lowest BCUT2D eigenvalue weighted by atomic mass is 10.2. The summed E-state index contributed by atoms with van der Waals surface area (Å²) in [6, 6.07) is 7.10. The van der Waals surface area contributed by atoms with Gasteiger partial charge in [-0.1, -0.05) is 6.07 Å². The topological polar surface area (TPSA) is 79.5 Å². The van der Waals surface area contributed by atoms with Crippen molar-refractivity contribution in [3.05, 3.63) is 24.3 Å². The molecule has 0 aliphatic carbocycles. The zero-order valence-corrected chi connectivity index (χ0v) is 12.1. The van der Waals surface area contributed by atoms with Gasteiger partial charge in [-0.15, -0.1) is 0 Å². The van der Waals surface area contributed by atoms with Crippen molar-refractivity contribution in [2.24, 2.45) is 0 Å². The number of carbonyl (C=O) groups is 2. The molecule has 1 saturated heterocycles. The number of benzene rings is 1. The lowest BCUT2D eigenvalue weighted by Gasteiger charge is -2.12. The summed E-state index contributed by atoms with van der Waals surface area (Å²) in [6.07, 6.45) is 1.94. The van der Waals surface area contributed by atoms with Crippen LogP contribution in [0.3, 0.4) is 0 Å². The number of nitrogens with one attached hydrogen (secondary N) is 3. The number of amides is 2. The molecule has 1 fully saturated rings. The van der Waals surface area contributed by atoms with Gasteiger partial charge in [-0.25, -0.2) is 0 Å². The molecule has 1 unspecified atom stereocenters. The van der Waals surface area contributed by atoms with Crippen LogP contribution in [-0.2, 0) is 9.59 Å². The summed E-state index contributed by atoms with van der Waals surface area (Å²) in [5.41, 5.74) is 0.694. The molecule has 0 radical (unpaired) electrons. The Morgan fingerprint density at radius 3 is 3.00 bits per heavy atom. The smallest absolute Gasteiger partial charge is 0.237 e. The van der Waals surface area contributed by atoms with E-state index in [0.717, 1.165) is 19.4 Å². The Balaban J connectivity index is 1.70. The van der Waals surface area contributed by atoms with Crippen LogP contribution in [0.15, 0.2) is 24.3 Å². The van der Waals surface area contributed by atoms with E-state index < -0.39 is 0 Å². The van der Waals surface area contributed by atoms with Crippen LogP contribution < -0.4 is 20.7 Å². The molecule has 1 aliphatic rings. The van der Waals surface area contributed by atoms with Crippen molar-refractivity contribution in [1.82, 2.24) is 10.6 Å². The van der Waals surface area contributed by atoms with E-state index in [2.05, 4.69) is 16.0 Å². The van der Waals surface area contributed by atoms with Crippen LogP contribution in [0.1, 0.15) is 19.8 Å². The van der Waals surface area contributed by atoms with Gasteiger partial charge >= 0.3 is 0 Å². The van der Waals surface area contributed by atoms with E-state index in [4.69, 9.17) is 4.74 Å². The molecule has 0 saturated carbocycles. The number of ether oxygens (including phenoxy) is 1. The standard InChI is InChI=1S/C15H21N3O3/c1-11(19)18-12-4-2-5-13(10-12)21-9-8-17-15(20)14-6-3-7-16-14/h2,4-5,10,14,16H,3,6-9H2,1H3,(H,17,20)(H,18,19). The van der Waals surface area contributed by atoms with Gasteiger partial charge in [0.25, 0.3) is 0 Å². The van der Waals surface area contributed by atoms with Gasteiger partial charge in [0.1, 0.15) is 12.4 Å². The van der Waals surface area contributed by atoms with E-state index >= 15 is 0 Å². The van der Waals surface area contributed by atoms with Gasteiger partial charge in [0, 0.05) is 18.7 Å². The zero-order valence-electron chi connectivity index (χ0n) is 12.1. The predicted octanol–water partition coefficient (Wildman–Crippen LogP) is 0.892. The molecule has 2 rings (SSSR count). The second-order valence-electron chi connectivity index (χ2n) is 5.00. The fraction of sp³-hybridized carbons (Fsp3) is 0.467. The normalized spacial score (nSPS) is 17.3. The first-order valence-electron chi connectivity index (χ1n) is 7.17. The van der Waals surface area contributed by atoms with Crippen molar-refractivity contribution < 1.29 is 14.3 Å². The molecule has 2 amide bonds. The van der Waals surface area contributed by atoms with Crippen LogP contribution in [0.4, 0.5) is 5.69 Å². The van der Waals surface area contributed by atoms with Crippen LogP contribution in [0.5, 0.6) is 5.75 Å². The molecule has 1 aliphatic heterocycles. The zero-order chi connectivity index (χ0) is 15.1. The highest BCUT2D eigenvalue weighted by Gasteiger charge is 2.21. The lowest BCUT2D eigenvalue weighted by Crippen LogP contribution is -2.41. The molecule has 114 valence electrons. The van der Waals surface area contributed by atoms with Gasteiger partial charge < -0.3 is 20.7 Å². The Morgan fingerprint density at radius 1 is 1.43 bits per heavy atom. The van der Waals surface area contributed by atoms with Gasteiger partial charge in [-0.05, 0) is 31.5 Å². The first kappa shape index (κ1) is 15.3. The van der Waals surface area contributed by atoms with E-state index in [1.807, 2.05) is 12.1 Å². The maximum absolute atomic E-state index is 11.8. The van der Waals surface area contributed by atoms with Gasteiger partial charge in [0.15, 0.2) is 0 Å². The molecular formula is C15H21N3O3. The molecule has 0 aromatic heterocycles. The Labute approximate surface area is 124 Å². The quantitative estimate of drug-likeness (QED) is 0.680. The number of anilines is 1. The second-order valence-corrected chi connectivity index (χ2v) is 5.00. The Kier molecular flexibility index (Phi) is 5.57. The largest absolute Gasteiger partial charge is 0.492 e. The van der Waals surface area contributed by atoms with Gasteiger partial charge in [-0.2, -0.15) is 0 Å². The third-order valence-electron chi connectivity index (χ3n) is 3.20. The van der Waals surface area contributed by atoms with Gasteiger partial charge in [0.2, 0.25) is 11.8 Å². The minimum Gasteiger partial charge on any atom is -0.492 e. The summed E-state index contributed by atoms with van der Waals surface area (Å²) in [7, 11) is 0. The molecule has 1 heterocycles. The lowest BCUT2D eigenvalue weighted by molar-refractivity contribution is -0.122. The highest BCUT2D eigenvalue weighted by Crippen LogP contribution is 2.17. The van der Waals surface area contributed by atoms with E-state index in [9.17, 15) is 9.59 Å². The van der Waals surface area contributed by atoms with Crippen molar-refractivity contribution in [3.63, 3.8) is 0 Å². The van der Waals surface area contributed by atoms with Gasteiger partial charge in [0.05, 0.1) is 12.6 Å².